The second kappa shape index (κ2) is 6.57. The largest absolute Gasteiger partial charge is 0.416 e. The van der Waals surface area contributed by atoms with E-state index in [0.29, 0.717) is 5.69 Å². The van der Waals surface area contributed by atoms with Gasteiger partial charge in [-0.2, -0.15) is 13.2 Å². The molecule has 0 saturated carbocycles. The zero-order valence-corrected chi connectivity index (χ0v) is 14.3. The van der Waals surface area contributed by atoms with Crippen molar-refractivity contribution >= 4 is 11.6 Å². The van der Waals surface area contributed by atoms with E-state index in [9.17, 15) is 18.0 Å². The SMILES string of the molecule is O=C(Nc1cccc(-c2cnc3n2CCC3)c1)c1cccc(C(F)(F)F)c1. The number of aryl methyl sites for hydroxylation is 1. The van der Waals surface area contributed by atoms with Crippen LogP contribution >= 0.6 is 0 Å². The van der Waals surface area contributed by atoms with Gasteiger partial charge < -0.3 is 9.88 Å². The molecule has 1 aromatic heterocycles. The number of benzene rings is 2. The van der Waals surface area contributed by atoms with Crippen LogP contribution in [-0.2, 0) is 19.1 Å². The zero-order valence-electron chi connectivity index (χ0n) is 14.3. The molecule has 27 heavy (non-hydrogen) atoms. The van der Waals surface area contributed by atoms with Gasteiger partial charge in [-0.15, -0.1) is 0 Å². The van der Waals surface area contributed by atoms with Crippen LogP contribution in [0.4, 0.5) is 18.9 Å². The number of amides is 1. The third-order valence-corrected chi connectivity index (χ3v) is 4.59. The second-order valence-electron chi connectivity index (χ2n) is 6.43. The molecule has 0 fully saturated rings. The summed E-state index contributed by atoms with van der Waals surface area (Å²) in [7, 11) is 0. The molecule has 2 aromatic carbocycles. The van der Waals surface area contributed by atoms with Crippen LogP contribution in [0.5, 0.6) is 0 Å². The summed E-state index contributed by atoms with van der Waals surface area (Å²) in [5.74, 6) is 0.458. The van der Waals surface area contributed by atoms with Crippen molar-refractivity contribution in [1.82, 2.24) is 9.55 Å². The molecule has 0 atom stereocenters. The lowest BCUT2D eigenvalue weighted by Crippen LogP contribution is -2.14. The van der Waals surface area contributed by atoms with Gasteiger partial charge in [0.1, 0.15) is 5.82 Å². The van der Waals surface area contributed by atoms with E-state index >= 15 is 0 Å². The lowest BCUT2D eigenvalue weighted by molar-refractivity contribution is -0.137. The normalized spacial score (nSPS) is 13.4. The summed E-state index contributed by atoms with van der Waals surface area (Å²) in [6.45, 7) is 0.908. The van der Waals surface area contributed by atoms with E-state index in [0.717, 1.165) is 48.6 Å². The molecule has 0 spiro atoms. The monoisotopic (exact) mass is 371 g/mol. The first-order valence-corrected chi connectivity index (χ1v) is 8.55. The third-order valence-electron chi connectivity index (χ3n) is 4.59. The highest BCUT2D eigenvalue weighted by Gasteiger charge is 2.30. The molecule has 1 aliphatic heterocycles. The second-order valence-corrected chi connectivity index (χ2v) is 6.43. The Morgan fingerprint density at radius 2 is 1.93 bits per heavy atom. The lowest BCUT2D eigenvalue weighted by Gasteiger charge is -2.11. The summed E-state index contributed by atoms with van der Waals surface area (Å²) in [6.07, 6.45) is -0.672. The first-order valence-electron chi connectivity index (χ1n) is 8.55. The van der Waals surface area contributed by atoms with E-state index in [4.69, 9.17) is 0 Å². The van der Waals surface area contributed by atoms with Gasteiger partial charge in [0.15, 0.2) is 0 Å². The van der Waals surface area contributed by atoms with E-state index in [-0.39, 0.29) is 5.56 Å². The highest BCUT2D eigenvalue weighted by Crippen LogP contribution is 2.30. The number of fused-ring (bicyclic) bond motifs is 1. The Morgan fingerprint density at radius 1 is 1.11 bits per heavy atom. The van der Waals surface area contributed by atoms with Gasteiger partial charge in [0.05, 0.1) is 17.5 Å². The smallest absolute Gasteiger partial charge is 0.328 e. The number of alkyl halides is 3. The van der Waals surface area contributed by atoms with E-state index in [1.165, 1.54) is 12.1 Å². The first-order chi connectivity index (χ1) is 12.9. The molecule has 138 valence electrons. The van der Waals surface area contributed by atoms with Crippen molar-refractivity contribution in [2.45, 2.75) is 25.6 Å². The standard InChI is InChI=1S/C20H16F3N3O/c21-20(22,23)15-6-1-5-14(10-15)19(27)25-16-7-2-4-13(11-16)17-12-24-18-8-3-9-26(17)18/h1-2,4-7,10-12H,3,8-9H2,(H,25,27). The van der Waals surface area contributed by atoms with Gasteiger partial charge in [0.25, 0.3) is 5.91 Å². The summed E-state index contributed by atoms with van der Waals surface area (Å²) in [5, 5.41) is 2.67. The minimum atomic E-state index is -4.49. The van der Waals surface area contributed by atoms with Crippen molar-refractivity contribution in [2.24, 2.45) is 0 Å². The number of hydrogen-bond acceptors (Lipinski definition) is 2. The molecule has 4 nitrogen and oxygen atoms in total. The number of nitrogens with zero attached hydrogens (tertiary/aromatic N) is 2. The van der Waals surface area contributed by atoms with Gasteiger partial charge in [0.2, 0.25) is 0 Å². The van der Waals surface area contributed by atoms with Crippen molar-refractivity contribution < 1.29 is 18.0 Å². The van der Waals surface area contributed by atoms with Gasteiger partial charge in [-0.3, -0.25) is 4.79 Å². The summed E-state index contributed by atoms with van der Waals surface area (Å²) in [4.78, 5) is 16.8. The molecule has 0 saturated heterocycles. The Labute approximate surface area is 153 Å². The molecule has 3 aromatic rings. The maximum Gasteiger partial charge on any atom is 0.416 e. The van der Waals surface area contributed by atoms with Crippen LogP contribution in [-0.4, -0.2) is 15.5 Å². The molecule has 0 aliphatic carbocycles. The maximum atomic E-state index is 12.8. The van der Waals surface area contributed by atoms with Crippen molar-refractivity contribution in [3.05, 3.63) is 71.7 Å². The third kappa shape index (κ3) is 3.45. The Balaban J connectivity index is 1.57. The number of carbonyl (C=O) groups excluding carboxylic acids is 1. The number of carbonyl (C=O) groups is 1. The molecular formula is C20H16F3N3O. The number of nitrogens with one attached hydrogen (secondary N) is 1. The van der Waals surface area contributed by atoms with Gasteiger partial charge in [-0.25, -0.2) is 4.98 Å². The van der Waals surface area contributed by atoms with Crippen LogP contribution in [0, 0.1) is 0 Å². The molecule has 1 amide bonds. The van der Waals surface area contributed by atoms with E-state index in [1.54, 1.807) is 18.2 Å². The number of anilines is 1. The Bertz CT molecular complexity index is 1010. The molecule has 4 rings (SSSR count). The zero-order chi connectivity index (χ0) is 19.0. The number of imidazole rings is 1. The van der Waals surface area contributed by atoms with Crippen molar-refractivity contribution in [1.29, 1.82) is 0 Å². The molecule has 0 radical (unpaired) electrons. The fraction of sp³-hybridized carbons (Fsp3) is 0.200. The van der Waals surface area contributed by atoms with Gasteiger partial charge >= 0.3 is 6.18 Å². The van der Waals surface area contributed by atoms with Crippen LogP contribution in [0.3, 0.4) is 0 Å². The molecule has 2 heterocycles. The van der Waals surface area contributed by atoms with E-state index < -0.39 is 17.6 Å². The summed E-state index contributed by atoms with van der Waals surface area (Å²) < 4.78 is 40.7. The predicted molar refractivity (Wildman–Crippen MR) is 95.4 cm³/mol. The fourth-order valence-corrected chi connectivity index (χ4v) is 3.29. The molecular weight excluding hydrogens is 355 g/mol. The van der Waals surface area contributed by atoms with Crippen LogP contribution in [0.15, 0.2) is 54.7 Å². The van der Waals surface area contributed by atoms with Gasteiger partial charge in [-0.05, 0) is 36.8 Å². The van der Waals surface area contributed by atoms with Crippen molar-refractivity contribution in [3.8, 4) is 11.3 Å². The number of hydrogen-bond donors (Lipinski definition) is 1. The summed E-state index contributed by atoms with van der Waals surface area (Å²) in [6, 6.07) is 11.6. The quantitative estimate of drug-likeness (QED) is 0.721. The highest BCUT2D eigenvalue weighted by atomic mass is 19.4. The average molecular weight is 371 g/mol. The molecule has 1 aliphatic rings. The predicted octanol–water partition coefficient (Wildman–Crippen LogP) is 4.77. The Morgan fingerprint density at radius 3 is 2.74 bits per heavy atom. The number of rotatable bonds is 3. The number of aromatic nitrogens is 2. The van der Waals surface area contributed by atoms with Crippen molar-refractivity contribution in [2.75, 3.05) is 5.32 Å². The van der Waals surface area contributed by atoms with Crippen LogP contribution < -0.4 is 5.32 Å². The lowest BCUT2D eigenvalue weighted by atomic mass is 10.1. The molecule has 7 heteroatoms. The molecule has 0 bridgehead atoms. The average Bonchev–Trinajstić information content (AvgIpc) is 3.25. The van der Waals surface area contributed by atoms with Crippen molar-refractivity contribution in [3.63, 3.8) is 0 Å². The van der Waals surface area contributed by atoms with E-state index in [2.05, 4.69) is 14.9 Å². The minimum absolute atomic E-state index is 0.0412. The molecule has 0 unspecified atom stereocenters. The minimum Gasteiger partial charge on any atom is -0.328 e. The van der Waals surface area contributed by atoms with Crippen LogP contribution in [0.2, 0.25) is 0 Å². The fourth-order valence-electron chi connectivity index (χ4n) is 3.29. The van der Waals surface area contributed by atoms with Gasteiger partial charge in [-0.1, -0.05) is 18.2 Å². The topological polar surface area (TPSA) is 46.9 Å². The Kier molecular flexibility index (Phi) is 4.22. The van der Waals surface area contributed by atoms with Crippen LogP contribution in [0.1, 0.15) is 28.2 Å². The van der Waals surface area contributed by atoms with Gasteiger partial charge in [0, 0.05) is 29.8 Å². The summed E-state index contributed by atoms with van der Waals surface area (Å²) >= 11 is 0. The van der Waals surface area contributed by atoms with Crippen LogP contribution in [0.25, 0.3) is 11.3 Å². The summed E-state index contributed by atoms with van der Waals surface area (Å²) in [5.41, 5.74) is 1.50. The van der Waals surface area contributed by atoms with E-state index in [1.807, 2.05) is 12.3 Å². The highest BCUT2D eigenvalue weighted by molar-refractivity contribution is 6.04. The number of halogens is 3. The maximum absolute atomic E-state index is 12.8. The molecule has 1 N–H and O–H groups in total. The Hall–Kier alpha value is -3.09. The first kappa shape index (κ1) is 17.3.